The van der Waals surface area contributed by atoms with Crippen LogP contribution in [0.2, 0.25) is 0 Å². The number of fused-ring (bicyclic) bond motifs is 3. The smallest absolute Gasteiger partial charge is 0.278 e. The molecule has 1 unspecified atom stereocenters. The molecule has 2 aliphatic heterocycles. The number of nitrogen functional groups attached to an aromatic ring is 1. The Hall–Kier alpha value is -4.16. The highest BCUT2D eigenvalue weighted by atomic mass is 32.2. The Morgan fingerprint density at radius 3 is 2.32 bits per heavy atom. The predicted molar refractivity (Wildman–Crippen MR) is 152 cm³/mol. The molecular weight excluding hydrogens is 538 g/mol. The Kier molecular flexibility index (Phi) is 5.51. The maximum Gasteiger partial charge on any atom is 0.278 e. The number of nitrogens with zero attached hydrogens (tertiary/aromatic N) is 7. The summed E-state index contributed by atoms with van der Waals surface area (Å²) >= 11 is 0. The second-order valence-electron chi connectivity index (χ2n) is 11.3. The number of hydrogen-bond acceptors (Lipinski definition) is 8. The minimum atomic E-state index is -3.74. The number of nitrogens with two attached hydrogens (primary N) is 1. The zero-order chi connectivity index (χ0) is 27.7. The van der Waals surface area contributed by atoms with Gasteiger partial charge in [0.05, 0.1) is 17.6 Å². The Morgan fingerprint density at radius 1 is 0.878 bits per heavy atom. The molecule has 41 heavy (non-hydrogen) atoms. The highest BCUT2D eigenvalue weighted by Crippen LogP contribution is 2.51. The molecule has 1 aliphatic carbocycles. The standard InChI is InChI=1S/C29H29N9O2S/c30-27-25(18-6-7-18)26(20-12-21-9-10-22(13-20)38(21)41(39,40)29-32-16-33-36-29)35-28-23(15-34-37(27)28)19-8-11-24(31-14-19)17-4-2-1-3-5-17/h1-5,8,11,14-16,18,20-22H,6-7,9-10,12-13,30H2,(H,32,33,36)/t20?,21-,22+. The van der Waals surface area contributed by atoms with Crippen molar-refractivity contribution in [3.63, 3.8) is 0 Å². The highest BCUT2D eigenvalue weighted by molar-refractivity contribution is 7.89. The van der Waals surface area contributed by atoms with Gasteiger partial charge in [-0.25, -0.2) is 23.5 Å². The van der Waals surface area contributed by atoms with Crippen molar-refractivity contribution in [2.24, 2.45) is 0 Å². The van der Waals surface area contributed by atoms with Gasteiger partial charge in [-0.15, -0.1) is 0 Å². The topological polar surface area (TPSA) is 148 Å². The molecule has 5 aromatic rings. The van der Waals surface area contributed by atoms with Crippen molar-refractivity contribution in [3.8, 4) is 22.4 Å². The van der Waals surface area contributed by atoms with Crippen LogP contribution in [-0.4, -0.2) is 59.6 Å². The number of hydrogen-bond donors (Lipinski definition) is 2. The largest absolute Gasteiger partial charge is 0.383 e. The number of rotatable bonds is 6. The number of sulfonamides is 1. The number of benzene rings is 1. The summed E-state index contributed by atoms with van der Waals surface area (Å²) in [7, 11) is -3.74. The average molecular weight is 568 g/mol. The zero-order valence-electron chi connectivity index (χ0n) is 22.3. The van der Waals surface area contributed by atoms with Gasteiger partial charge in [0.2, 0.25) is 0 Å². The van der Waals surface area contributed by atoms with Crippen molar-refractivity contribution < 1.29 is 8.42 Å². The lowest BCUT2D eigenvalue weighted by Gasteiger charge is -2.37. The van der Waals surface area contributed by atoms with Gasteiger partial charge in [0.25, 0.3) is 15.2 Å². The summed E-state index contributed by atoms with van der Waals surface area (Å²) in [6.45, 7) is 0. The molecule has 0 radical (unpaired) electrons. The van der Waals surface area contributed by atoms with Crippen molar-refractivity contribution in [2.45, 2.75) is 67.6 Å². The molecule has 12 heteroatoms. The van der Waals surface area contributed by atoms with Crippen LogP contribution >= 0.6 is 0 Å². The van der Waals surface area contributed by atoms with E-state index in [4.69, 9.17) is 15.7 Å². The van der Waals surface area contributed by atoms with E-state index in [0.717, 1.165) is 59.3 Å². The third kappa shape index (κ3) is 3.96. The van der Waals surface area contributed by atoms with Crippen LogP contribution in [0.1, 0.15) is 61.6 Å². The van der Waals surface area contributed by atoms with Gasteiger partial charge in [-0.2, -0.15) is 19.0 Å². The first kappa shape index (κ1) is 24.6. The summed E-state index contributed by atoms with van der Waals surface area (Å²) in [4.78, 5) is 13.9. The Morgan fingerprint density at radius 2 is 1.66 bits per heavy atom. The van der Waals surface area contributed by atoms with Crippen molar-refractivity contribution in [3.05, 3.63) is 72.4 Å². The van der Waals surface area contributed by atoms with Crippen molar-refractivity contribution in [1.29, 1.82) is 0 Å². The molecule has 0 amide bonds. The van der Waals surface area contributed by atoms with Crippen LogP contribution in [0.4, 0.5) is 5.82 Å². The van der Waals surface area contributed by atoms with Gasteiger partial charge in [0, 0.05) is 46.5 Å². The monoisotopic (exact) mass is 567 g/mol. The van der Waals surface area contributed by atoms with Crippen LogP contribution in [0.3, 0.4) is 0 Å². The number of anilines is 1. The van der Waals surface area contributed by atoms with E-state index >= 15 is 0 Å². The minimum Gasteiger partial charge on any atom is -0.383 e. The molecule has 6 heterocycles. The van der Waals surface area contributed by atoms with Crippen LogP contribution in [-0.2, 0) is 10.0 Å². The number of pyridine rings is 1. The molecule has 1 aromatic carbocycles. The van der Waals surface area contributed by atoms with Gasteiger partial charge in [0.1, 0.15) is 12.1 Å². The van der Waals surface area contributed by atoms with E-state index < -0.39 is 10.0 Å². The lowest BCUT2D eigenvalue weighted by Crippen LogP contribution is -2.46. The average Bonchev–Trinajstić information content (AvgIpc) is 3.37. The van der Waals surface area contributed by atoms with E-state index in [1.165, 1.54) is 6.33 Å². The molecular formula is C29H29N9O2S. The van der Waals surface area contributed by atoms with Gasteiger partial charge in [-0.1, -0.05) is 36.4 Å². The molecule has 0 spiro atoms. The number of aromatic amines is 1. The summed E-state index contributed by atoms with van der Waals surface area (Å²) < 4.78 is 30.2. The molecule has 208 valence electrons. The van der Waals surface area contributed by atoms with Gasteiger partial charge in [-0.3, -0.25) is 4.98 Å². The number of H-pyrrole nitrogens is 1. The fraction of sp³-hybridized carbons (Fsp3) is 0.345. The minimum absolute atomic E-state index is 0.0916. The van der Waals surface area contributed by atoms with E-state index in [1.54, 1.807) is 8.82 Å². The third-order valence-electron chi connectivity index (χ3n) is 8.85. The van der Waals surface area contributed by atoms with Crippen molar-refractivity contribution >= 4 is 21.5 Å². The Balaban J connectivity index is 1.17. The molecule has 4 aromatic heterocycles. The van der Waals surface area contributed by atoms with Gasteiger partial charge in [0.15, 0.2) is 5.65 Å². The molecule has 3 N–H and O–H groups in total. The van der Waals surface area contributed by atoms with Crippen LogP contribution in [0.15, 0.2) is 66.3 Å². The maximum absolute atomic E-state index is 13.4. The molecule has 11 nitrogen and oxygen atoms in total. The second-order valence-corrected chi connectivity index (χ2v) is 13.1. The van der Waals surface area contributed by atoms with E-state index in [1.807, 2.05) is 54.9 Å². The van der Waals surface area contributed by atoms with E-state index in [2.05, 4.69) is 20.3 Å². The second kappa shape index (κ2) is 9.18. The first-order valence-corrected chi connectivity index (χ1v) is 15.5. The van der Waals surface area contributed by atoms with E-state index in [9.17, 15) is 8.42 Å². The van der Waals surface area contributed by atoms with Gasteiger partial charge in [-0.05, 0) is 50.5 Å². The molecule has 3 aliphatic rings. The fourth-order valence-electron chi connectivity index (χ4n) is 6.85. The normalized spacial score (nSPS) is 22.9. The summed E-state index contributed by atoms with van der Waals surface area (Å²) in [6, 6.07) is 13.9. The summed E-state index contributed by atoms with van der Waals surface area (Å²) in [5.41, 5.74) is 13.4. The molecule has 3 fully saturated rings. The quantitative estimate of drug-likeness (QED) is 0.311. The van der Waals surface area contributed by atoms with Gasteiger partial charge >= 0.3 is 0 Å². The van der Waals surface area contributed by atoms with E-state index in [-0.39, 0.29) is 23.2 Å². The number of aromatic nitrogens is 7. The molecule has 2 saturated heterocycles. The van der Waals surface area contributed by atoms with Crippen LogP contribution in [0, 0.1) is 0 Å². The summed E-state index contributed by atoms with van der Waals surface area (Å²) in [6.07, 6.45) is 10.1. The van der Waals surface area contributed by atoms with Gasteiger partial charge < -0.3 is 5.73 Å². The van der Waals surface area contributed by atoms with Crippen LogP contribution < -0.4 is 5.73 Å². The first-order chi connectivity index (χ1) is 20.0. The van der Waals surface area contributed by atoms with Crippen LogP contribution in [0.25, 0.3) is 28.0 Å². The molecule has 1 saturated carbocycles. The molecule has 3 atom stereocenters. The number of nitrogens with one attached hydrogen (secondary N) is 1. The van der Waals surface area contributed by atoms with Crippen molar-refractivity contribution in [1.82, 2.24) is 39.1 Å². The predicted octanol–water partition coefficient (Wildman–Crippen LogP) is 4.14. The zero-order valence-corrected chi connectivity index (χ0v) is 23.1. The summed E-state index contributed by atoms with van der Waals surface area (Å²) in [5, 5.41) is 10.9. The third-order valence-corrected chi connectivity index (χ3v) is 10.7. The molecule has 8 rings (SSSR count). The fourth-order valence-corrected chi connectivity index (χ4v) is 8.57. The first-order valence-electron chi connectivity index (χ1n) is 14.1. The lowest BCUT2D eigenvalue weighted by atomic mass is 9.86. The molecule has 2 bridgehead atoms. The summed E-state index contributed by atoms with van der Waals surface area (Å²) in [5.74, 6) is 1.12. The Bertz CT molecular complexity index is 1840. The maximum atomic E-state index is 13.4. The lowest BCUT2D eigenvalue weighted by molar-refractivity contribution is 0.222. The SMILES string of the molecule is Nc1c(C2CC2)c(C2C[C@H]3CC[C@@H](C2)N3S(=O)(=O)c2ncn[nH]2)nc2c(-c3ccc(-c4ccccc4)nc3)cnn12. The van der Waals surface area contributed by atoms with Crippen molar-refractivity contribution in [2.75, 3.05) is 5.73 Å². The van der Waals surface area contributed by atoms with Crippen LogP contribution in [0.5, 0.6) is 0 Å². The number of piperidine rings is 1. The van der Waals surface area contributed by atoms with E-state index in [0.29, 0.717) is 30.2 Å². The highest BCUT2D eigenvalue weighted by Gasteiger charge is 2.49. The Labute approximate surface area is 236 Å².